The highest BCUT2D eigenvalue weighted by Crippen LogP contribution is 2.40. The SMILES string of the molecule is CC(C)(C)[C@@H](C(=O)N1CC(O)CC1C(=O)NCc1c(Cl)cccc1-n1ccnc1)n1cc(C2CC2)nn1. The standard InChI is InChI=1S/C26H32ClN7O3/c1-26(2,3)23(34-14-20(30-31-34)16-7-8-16)25(37)33-13-17(35)11-22(33)24(36)29-12-18-19(27)5-4-6-21(18)32-10-9-28-15-32/h4-6,9-10,14-17,22-23,35H,7-8,11-13H2,1-3H3,(H,29,36)/t17?,22?,23-/m1/s1. The molecule has 0 radical (unpaired) electrons. The van der Waals surface area contributed by atoms with Gasteiger partial charge in [0, 0.05) is 54.6 Å². The molecule has 2 unspecified atom stereocenters. The number of hydrogen-bond acceptors (Lipinski definition) is 6. The minimum absolute atomic E-state index is 0.0834. The van der Waals surface area contributed by atoms with Gasteiger partial charge in [-0.05, 0) is 30.4 Å². The van der Waals surface area contributed by atoms with Crippen LogP contribution in [-0.4, -0.2) is 65.1 Å². The summed E-state index contributed by atoms with van der Waals surface area (Å²) in [6.07, 6.45) is 8.52. The molecule has 2 amide bonds. The third-order valence-corrected chi connectivity index (χ3v) is 7.38. The number of rotatable bonds is 7. The van der Waals surface area contributed by atoms with Crippen LogP contribution in [-0.2, 0) is 16.1 Å². The molecule has 3 atom stereocenters. The zero-order chi connectivity index (χ0) is 26.3. The third-order valence-electron chi connectivity index (χ3n) is 7.02. The second-order valence-electron chi connectivity index (χ2n) is 11.0. The van der Waals surface area contributed by atoms with E-state index in [1.807, 2.05) is 43.7 Å². The van der Waals surface area contributed by atoms with Gasteiger partial charge in [-0.3, -0.25) is 9.59 Å². The van der Waals surface area contributed by atoms with Gasteiger partial charge in [0.15, 0.2) is 0 Å². The lowest BCUT2D eigenvalue weighted by Gasteiger charge is -2.34. The first kappa shape index (κ1) is 25.4. The fourth-order valence-electron chi connectivity index (χ4n) is 4.99. The molecule has 196 valence electrons. The van der Waals surface area contributed by atoms with Crippen LogP contribution in [0.1, 0.15) is 63.3 Å². The summed E-state index contributed by atoms with van der Waals surface area (Å²) in [5, 5.41) is 22.5. The molecule has 2 fully saturated rings. The summed E-state index contributed by atoms with van der Waals surface area (Å²) in [7, 11) is 0. The smallest absolute Gasteiger partial charge is 0.248 e. The van der Waals surface area contributed by atoms with Crippen LogP contribution >= 0.6 is 11.6 Å². The summed E-state index contributed by atoms with van der Waals surface area (Å²) in [5.74, 6) is -0.187. The lowest BCUT2D eigenvalue weighted by atomic mass is 9.85. The minimum Gasteiger partial charge on any atom is -0.391 e. The Hall–Kier alpha value is -3.24. The molecule has 37 heavy (non-hydrogen) atoms. The van der Waals surface area contributed by atoms with Crippen molar-refractivity contribution in [3.8, 4) is 5.69 Å². The highest BCUT2D eigenvalue weighted by atomic mass is 35.5. The maximum absolute atomic E-state index is 13.9. The molecule has 1 aliphatic carbocycles. The summed E-state index contributed by atoms with van der Waals surface area (Å²) in [5.41, 5.74) is 1.94. The van der Waals surface area contributed by atoms with Crippen molar-refractivity contribution < 1.29 is 14.7 Å². The molecule has 1 aromatic carbocycles. The molecule has 0 bridgehead atoms. The molecule has 3 heterocycles. The molecular weight excluding hydrogens is 494 g/mol. The van der Waals surface area contributed by atoms with Crippen molar-refractivity contribution in [2.45, 2.75) is 70.7 Å². The van der Waals surface area contributed by atoms with Gasteiger partial charge < -0.3 is 19.9 Å². The fourth-order valence-corrected chi connectivity index (χ4v) is 5.22. The normalized spacial score (nSPS) is 20.7. The minimum atomic E-state index is -0.807. The number of amides is 2. The predicted octanol–water partition coefficient (Wildman–Crippen LogP) is 2.86. The highest BCUT2D eigenvalue weighted by Gasteiger charge is 2.45. The van der Waals surface area contributed by atoms with Crippen LogP contribution in [0.4, 0.5) is 0 Å². The lowest BCUT2D eigenvalue weighted by Crippen LogP contribution is -2.50. The van der Waals surface area contributed by atoms with Crippen molar-refractivity contribution in [3.05, 3.63) is 59.4 Å². The number of aliphatic hydroxyl groups excluding tert-OH is 1. The molecule has 11 heteroatoms. The van der Waals surface area contributed by atoms with E-state index in [2.05, 4.69) is 20.6 Å². The fraction of sp³-hybridized carbons (Fsp3) is 0.500. The van der Waals surface area contributed by atoms with E-state index in [0.29, 0.717) is 10.9 Å². The van der Waals surface area contributed by atoms with Gasteiger partial charge in [-0.1, -0.05) is 43.7 Å². The number of carbonyl (C=O) groups excluding carboxylic acids is 2. The molecule has 2 aromatic heterocycles. The Balaban J connectivity index is 1.35. The van der Waals surface area contributed by atoms with Gasteiger partial charge in [-0.2, -0.15) is 0 Å². The zero-order valence-electron chi connectivity index (χ0n) is 21.2. The second-order valence-corrected chi connectivity index (χ2v) is 11.4. The van der Waals surface area contributed by atoms with E-state index in [1.54, 1.807) is 29.5 Å². The Morgan fingerprint density at radius 3 is 2.73 bits per heavy atom. The molecule has 1 aliphatic heterocycles. The van der Waals surface area contributed by atoms with Crippen LogP contribution in [0.2, 0.25) is 5.02 Å². The predicted molar refractivity (Wildman–Crippen MR) is 137 cm³/mol. The summed E-state index contributed by atoms with van der Waals surface area (Å²) < 4.78 is 3.45. The van der Waals surface area contributed by atoms with Crippen LogP contribution in [0.5, 0.6) is 0 Å². The number of nitrogens with zero attached hydrogens (tertiary/aromatic N) is 6. The van der Waals surface area contributed by atoms with Crippen molar-refractivity contribution in [2.24, 2.45) is 5.41 Å². The summed E-state index contributed by atoms with van der Waals surface area (Å²) >= 11 is 6.47. The molecular formula is C26H32ClN7O3. The Labute approximate surface area is 220 Å². The number of nitrogens with one attached hydrogen (secondary N) is 1. The number of hydrogen-bond donors (Lipinski definition) is 2. The zero-order valence-corrected chi connectivity index (χ0v) is 22.0. The number of carbonyl (C=O) groups is 2. The number of likely N-dealkylation sites (tertiary alicyclic amines) is 1. The summed E-state index contributed by atoms with van der Waals surface area (Å²) in [6.45, 7) is 6.14. The number of imidazole rings is 1. The average molecular weight is 526 g/mol. The van der Waals surface area contributed by atoms with Gasteiger partial charge in [-0.25, -0.2) is 9.67 Å². The maximum Gasteiger partial charge on any atom is 0.248 e. The first-order valence-electron chi connectivity index (χ1n) is 12.6. The molecule has 5 rings (SSSR count). The summed E-state index contributed by atoms with van der Waals surface area (Å²) in [6, 6.07) is 4.02. The lowest BCUT2D eigenvalue weighted by molar-refractivity contribution is -0.144. The van der Waals surface area contributed by atoms with Gasteiger partial charge in [-0.15, -0.1) is 5.10 Å². The maximum atomic E-state index is 13.9. The average Bonchev–Trinajstić information content (AvgIpc) is 3.22. The number of β-amino-alcohol motifs (C(OH)–C–C–N with tert-alkyl or cyclic N) is 1. The van der Waals surface area contributed by atoms with E-state index in [0.717, 1.165) is 29.8 Å². The number of aliphatic hydroxyl groups is 1. The summed E-state index contributed by atoms with van der Waals surface area (Å²) in [4.78, 5) is 32.9. The van der Waals surface area contributed by atoms with Crippen LogP contribution < -0.4 is 5.32 Å². The van der Waals surface area contributed by atoms with Crippen molar-refractivity contribution in [2.75, 3.05) is 6.54 Å². The Kier molecular flexibility index (Phi) is 6.80. The molecule has 10 nitrogen and oxygen atoms in total. The van der Waals surface area contributed by atoms with E-state index in [-0.39, 0.29) is 31.3 Å². The van der Waals surface area contributed by atoms with Gasteiger partial charge in [0.2, 0.25) is 11.8 Å². The molecule has 1 saturated carbocycles. The number of benzene rings is 1. The Bertz CT molecular complexity index is 1280. The second kappa shape index (κ2) is 9.90. The van der Waals surface area contributed by atoms with E-state index in [1.165, 1.54) is 4.90 Å². The highest BCUT2D eigenvalue weighted by molar-refractivity contribution is 6.31. The van der Waals surface area contributed by atoms with Gasteiger partial charge >= 0.3 is 0 Å². The van der Waals surface area contributed by atoms with Crippen LogP contribution in [0.25, 0.3) is 5.69 Å². The number of aromatic nitrogens is 5. The van der Waals surface area contributed by atoms with Gasteiger partial charge in [0.25, 0.3) is 0 Å². The number of halogens is 1. The largest absolute Gasteiger partial charge is 0.391 e. The van der Waals surface area contributed by atoms with Crippen molar-refractivity contribution in [1.82, 2.24) is 34.8 Å². The molecule has 2 aliphatic rings. The molecule has 1 saturated heterocycles. The Morgan fingerprint density at radius 2 is 2.05 bits per heavy atom. The first-order chi connectivity index (χ1) is 17.6. The van der Waals surface area contributed by atoms with Crippen LogP contribution in [0.15, 0.2) is 43.1 Å². The third kappa shape index (κ3) is 5.26. The van der Waals surface area contributed by atoms with Gasteiger partial charge in [0.05, 0.1) is 23.8 Å². The Morgan fingerprint density at radius 1 is 1.27 bits per heavy atom. The molecule has 3 aromatic rings. The quantitative estimate of drug-likeness (QED) is 0.489. The first-order valence-corrected chi connectivity index (χ1v) is 12.9. The van der Waals surface area contributed by atoms with E-state index in [4.69, 9.17) is 11.6 Å². The molecule has 2 N–H and O–H groups in total. The van der Waals surface area contributed by atoms with Crippen LogP contribution in [0.3, 0.4) is 0 Å². The monoisotopic (exact) mass is 525 g/mol. The van der Waals surface area contributed by atoms with E-state index in [9.17, 15) is 14.7 Å². The van der Waals surface area contributed by atoms with E-state index >= 15 is 0 Å². The molecule has 0 spiro atoms. The van der Waals surface area contributed by atoms with Crippen molar-refractivity contribution >= 4 is 23.4 Å². The van der Waals surface area contributed by atoms with Crippen LogP contribution in [0, 0.1) is 5.41 Å². The topological polar surface area (TPSA) is 118 Å². The van der Waals surface area contributed by atoms with Gasteiger partial charge in [0.1, 0.15) is 12.1 Å². The van der Waals surface area contributed by atoms with Crippen molar-refractivity contribution in [3.63, 3.8) is 0 Å². The van der Waals surface area contributed by atoms with Crippen molar-refractivity contribution in [1.29, 1.82) is 0 Å². The van der Waals surface area contributed by atoms with E-state index < -0.39 is 23.6 Å².